The van der Waals surface area contributed by atoms with Crippen LogP contribution < -0.4 is 19.1 Å². The van der Waals surface area contributed by atoms with Crippen molar-refractivity contribution in [3.05, 3.63) is 82.3 Å². The van der Waals surface area contributed by atoms with E-state index in [1.165, 1.54) is 20.3 Å². The van der Waals surface area contributed by atoms with Crippen LogP contribution >= 0.6 is 15.9 Å². The predicted octanol–water partition coefficient (Wildman–Crippen LogP) is 4.85. The number of ether oxygens (including phenoxy) is 2. The molecule has 0 aliphatic rings. The van der Waals surface area contributed by atoms with Crippen LogP contribution in [0.5, 0.6) is 11.5 Å². The van der Waals surface area contributed by atoms with Gasteiger partial charge in [0.25, 0.3) is 10.0 Å². The number of benzene rings is 3. The molecule has 1 unspecified atom stereocenters. The normalized spacial score (nSPS) is 12.0. The molecular weight excluding hydrogens is 520 g/mol. The number of methoxy groups -OCH3 is 2. The number of hydrogen-bond acceptors (Lipinski definition) is 5. The lowest BCUT2D eigenvalue weighted by Crippen LogP contribution is -2.41. The van der Waals surface area contributed by atoms with Crippen molar-refractivity contribution in [2.75, 3.05) is 25.1 Å². The lowest BCUT2D eigenvalue weighted by molar-refractivity contribution is -0.120. The molecule has 180 valence electrons. The standard InChI is InChI=1S/C25H27BrN2O5S/c1-17-11-12-23(33-4)24(13-17)34(30,31)28(21-9-6-10-22(15-21)32-3)16-25(29)27-18(2)19-7-5-8-20(26)14-19/h5-15,18H,16H2,1-4H3,(H,27,29). The molecule has 0 aromatic heterocycles. The lowest BCUT2D eigenvalue weighted by atomic mass is 10.1. The van der Waals surface area contributed by atoms with E-state index >= 15 is 0 Å². The molecule has 0 aliphatic heterocycles. The topological polar surface area (TPSA) is 84.9 Å². The van der Waals surface area contributed by atoms with E-state index in [9.17, 15) is 13.2 Å². The fourth-order valence-electron chi connectivity index (χ4n) is 3.46. The van der Waals surface area contributed by atoms with Crippen LogP contribution in [0, 0.1) is 6.92 Å². The van der Waals surface area contributed by atoms with E-state index < -0.39 is 22.5 Å². The van der Waals surface area contributed by atoms with Crippen molar-refractivity contribution >= 4 is 37.5 Å². The third-order valence-electron chi connectivity index (χ3n) is 5.24. The Bertz CT molecular complexity index is 1280. The number of sulfonamides is 1. The van der Waals surface area contributed by atoms with E-state index in [0.29, 0.717) is 11.4 Å². The van der Waals surface area contributed by atoms with Crippen LogP contribution in [0.2, 0.25) is 0 Å². The first-order valence-corrected chi connectivity index (χ1v) is 12.7. The van der Waals surface area contributed by atoms with Crippen LogP contribution in [0.3, 0.4) is 0 Å². The highest BCUT2D eigenvalue weighted by Crippen LogP contribution is 2.32. The summed E-state index contributed by atoms with van der Waals surface area (Å²) in [6.45, 7) is 3.21. The first-order chi connectivity index (χ1) is 16.1. The first kappa shape index (κ1) is 25.6. The zero-order chi connectivity index (χ0) is 24.9. The van der Waals surface area contributed by atoms with E-state index in [0.717, 1.165) is 19.9 Å². The van der Waals surface area contributed by atoms with E-state index in [2.05, 4.69) is 21.2 Å². The van der Waals surface area contributed by atoms with Crippen molar-refractivity contribution in [3.63, 3.8) is 0 Å². The Morgan fingerprint density at radius 1 is 1.03 bits per heavy atom. The van der Waals surface area contributed by atoms with Crippen LogP contribution in [0.25, 0.3) is 0 Å². The van der Waals surface area contributed by atoms with Gasteiger partial charge in [-0.1, -0.05) is 40.2 Å². The minimum atomic E-state index is -4.16. The van der Waals surface area contributed by atoms with Gasteiger partial charge in [0, 0.05) is 10.5 Å². The molecule has 0 aliphatic carbocycles. The fraction of sp³-hybridized carbons (Fsp3) is 0.240. The van der Waals surface area contributed by atoms with Gasteiger partial charge in [-0.25, -0.2) is 8.42 Å². The Hall–Kier alpha value is -3.04. The van der Waals surface area contributed by atoms with Crippen LogP contribution in [-0.4, -0.2) is 35.1 Å². The molecule has 0 bridgehead atoms. The summed E-state index contributed by atoms with van der Waals surface area (Å²) < 4.78 is 40.2. The number of carbonyl (C=O) groups is 1. The number of halogens is 1. The summed E-state index contributed by atoms with van der Waals surface area (Å²) in [6.07, 6.45) is 0. The quantitative estimate of drug-likeness (QED) is 0.414. The third-order valence-corrected chi connectivity index (χ3v) is 7.53. The molecule has 1 atom stereocenters. The average Bonchev–Trinajstić information content (AvgIpc) is 2.82. The minimum Gasteiger partial charge on any atom is -0.497 e. The Labute approximate surface area is 208 Å². The second kappa shape index (κ2) is 10.9. The fourth-order valence-corrected chi connectivity index (χ4v) is 5.53. The van der Waals surface area contributed by atoms with Crippen LogP contribution in [0.15, 0.2) is 76.1 Å². The predicted molar refractivity (Wildman–Crippen MR) is 136 cm³/mol. The van der Waals surface area contributed by atoms with Gasteiger partial charge in [-0.3, -0.25) is 9.10 Å². The maximum absolute atomic E-state index is 13.8. The summed E-state index contributed by atoms with van der Waals surface area (Å²) in [6, 6.07) is 18.7. The lowest BCUT2D eigenvalue weighted by Gasteiger charge is -2.26. The molecule has 3 aromatic rings. The maximum Gasteiger partial charge on any atom is 0.268 e. The van der Waals surface area contributed by atoms with Crippen molar-refractivity contribution in [2.45, 2.75) is 24.8 Å². The third kappa shape index (κ3) is 5.90. The Balaban J connectivity index is 1.99. The molecule has 0 heterocycles. The van der Waals surface area contributed by atoms with E-state index in [1.54, 1.807) is 43.3 Å². The molecule has 1 N–H and O–H groups in total. The number of hydrogen-bond donors (Lipinski definition) is 1. The van der Waals surface area contributed by atoms with Crippen LogP contribution in [0.4, 0.5) is 5.69 Å². The number of anilines is 1. The Morgan fingerprint density at radius 2 is 1.76 bits per heavy atom. The largest absolute Gasteiger partial charge is 0.497 e. The molecular formula is C25H27BrN2O5S. The molecule has 9 heteroatoms. The van der Waals surface area contributed by atoms with Gasteiger partial charge in [0.05, 0.1) is 25.9 Å². The zero-order valence-corrected chi connectivity index (χ0v) is 21.8. The van der Waals surface area contributed by atoms with Gasteiger partial charge >= 0.3 is 0 Å². The molecule has 0 saturated carbocycles. The van der Waals surface area contributed by atoms with Gasteiger partial charge in [0.1, 0.15) is 22.9 Å². The maximum atomic E-state index is 13.8. The van der Waals surface area contributed by atoms with Crippen molar-refractivity contribution in [3.8, 4) is 11.5 Å². The Morgan fingerprint density at radius 3 is 2.44 bits per heavy atom. The van der Waals surface area contributed by atoms with Gasteiger partial charge in [-0.2, -0.15) is 0 Å². The van der Waals surface area contributed by atoms with Gasteiger partial charge in [-0.05, 0) is 61.4 Å². The monoisotopic (exact) mass is 546 g/mol. The smallest absolute Gasteiger partial charge is 0.268 e. The SMILES string of the molecule is COc1cccc(N(CC(=O)NC(C)c2cccc(Br)c2)S(=O)(=O)c2cc(C)ccc2OC)c1. The molecule has 0 fully saturated rings. The number of rotatable bonds is 9. The van der Waals surface area contributed by atoms with Crippen molar-refractivity contribution < 1.29 is 22.7 Å². The molecule has 0 spiro atoms. The first-order valence-electron chi connectivity index (χ1n) is 10.5. The van der Waals surface area contributed by atoms with Gasteiger partial charge in [-0.15, -0.1) is 0 Å². The number of nitrogens with zero attached hydrogens (tertiary/aromatic N) is 1. The highest BCUT2D eigenvalue weighted by atomic mass is 79.9. The van der Waals surface area contributed by atoms with E-state index in [4.69, 9.17) is 9.47 Å². The average molecular weight is 547 g/mol. The van der Waals surface area contributed by atoms with E-state index in [-0.39, 0.29) is 16.7 Å². The zero-order valence-electron chi connectivity index (χ0n) is 19.4. The summed E-state index contributed by atoms with van der Waals surface area (Å²) in [5.41, 5.74) is 1.93. The molecule has 7 nitrogen and oxygen atoms in total. The molecule has 0 saturated heterocycles. The summed E-state index contributed by atoms with van der Waals surface area (Å²) in [4.78, 5) is 13.0. The summed E-state index contributed by atoms with van der Waals surface area (Å²) in [5, 5.41) is 2.89. The minimum absolute atomic E-state index is 0.0225. The number of carbonyl (C=O) groups excluding carboxylic acids is 1. The molecule has 1 amide bonds. The number of nitrogens with one attached hydrogen (secondary N) is 1. The molecule has 3 rings (SSSR count). The summed E-state index contributed by atoms with van der Waals surface area (Å²) in [5.74, 6) is 0.212. The summed E-state index contributed by atoms with van der Waals surface area (Å²) >= 11 is 3.43. The van der Waals surface area contributed by atoms with Crippen molar-refractivity contribution in [1.82, 2.24) is 5.32 Å². The van der Waals surface area contributed by atoms with Crippen LogP contribution in [-0.2, 0) is 14.8 Å². The van der Waals surface area contributed by atoms with Crippen LogP contribution in [0.1, 0.15) is 24.1 Å². The Kier molecular flexibility index (Phi) is 8.22. The highest BCUT2D eigenvalue weighted by Gasteiger charge is 2.31. The second-order valence-electron chi connectivity index (χ2n) is 7.71. The molecule has 3 aromatic carbocycles. The molecule has 0 radical (unpaired) electrons. The second-order valence-corrected chi connectivity index (χ2v) is 10.5. The van der Waals surface area contributed by atoms with E-state index in [1.807, 2.05) is 31.2 Å². The number of aryl methyl sites for hydroxylation is 1. The van der Waals surface area contributed by atoms with Crippen molar-refractivity contribution in [2.24, 2.45) is 0 Å². The van der Waals surface area contributed by atoms with Crippen molar-refractivity contribution in [1.29, 1.82) is 0 Å². The highest BCUT2D eigenvalue weighted by molar-refractivity contribution is 9.10. The molecule has 34 heavy (non-hydrogen) atoms. The number of amides is 1. The summed E-state index contributed by atoms with van der Waals surface area (Å²) in [7, 11) is -1.26. The van der Waals surface area contributed by atoms with Gasteiger partial charge in [0.15, 0.2) is 0 Å². The van der Waals surface area contributed by atoms with Gasteiger partial charge in [0.2, 0.25) is 5.91 Å². The van der Waals surface area contributed by atoms with Gasteiger partial charge < -0.3 is 14.8 Å².